The van der Waals surface area contributed by atoms with Crippen LogP contribution in [-0.4, -0.2) is 40.8 Å². The fourth-order valence-corrected chi connectivity index (χ4v) is 1.83. The molecular weight excluding hydrogens is 246 g/mol. The van der Waals surface area contributed by atoms with Gasteiger partial charge in [0.2, 0.25) is 0 Å². The molecule has 0 aliphatic carbocycles. The number of nitrogens with zero attached hydrogens (tertiary/aromatic N) is 1. The quantitative estimate of drug-likeness (QED) is 0.706. The first-order valence-corrected chi connectivity index (χ1v) is 6.03. The molecule has 0 spiro atoms. The largest absolute Gasteiger partial charge is 0.469 e. The monoisotopic (exact) mass is 263 g/mol. The highest BCUT2D eigenvalue weighted by Gasteiger charge is 2.10. The number of aliphatic hydroxyl groups is 1. The zero-order valence-corrected chi connectivity index (χ0v) is 10.9. The maximum atomic E-state index is 11.0. The van der Waals surface area contributed by atoms with E-state index in [1.165, 1.54) is 7.11 Å². The topological polar surface area (TPSA) is 87.2 Å². The Morgan fingerprint density at radius 1 is 1.58 bits per heavy atom. The van der Waals surface area contributed by atoms with E-state index in [0.717, 1.165) is 22.5 Å². The van der Waals surface area contributed by atoms with Gasteiger partial charge in [-0.15, -0.1) is 0 Å². The minimum absolute atomic E-state index is 0.0189. The first-order chi connectivity index (χ1) is 9.08. The van der Waals surface area contributed by atoms with Gasteiger partial charge in [0.15, 0.2) is 0 Å². The zero-order valence-electron chi connectivity index (χ0n) is 10.9. The zero-order chi connectivity index (χ0) is 13.8. The molecule has 6 nitrogen and oxygen atoms in total. The number of benzene rings is 1. The Bertz CT molecular complexity index is 580. The molecule has 0 saturated carbocycles. The van der Waals surface area contributed by atoms with Crippen LogP contribution in [0.4, 0.5) is 5.69 Å². The standard InChI is InChI=1S/C13H17N3O3/c1-8-15-11-4-3-9(5-12(11)16-8)14-7-10(17)6-13(18)19-2/h3-5,10,14,17H,6-7H2,1-2H3,(H,15,16). The molecule has 0 aliphatic heterocycles. The van der Waals surface area contributed by atoms with Crippen molar-refractivity contribution in [2.45, 2.75) is 19.4 Å². The average Bonchev–Trinajstić information content (AvgIpc) is 2.75. The number of methoxy groups -OCH3 is 1. The normalized spacial score (nSPS) is 12.4. The highest BCUT2D eigenvalue weighted by atomic mass is 16.5. The molecule has 1 atom stereocenters. The third-order valence-electron chi connectivity index (χ3n) is 2.77. The van der Waals surface area contributed by atoms with Crippen LogP contribution in [0.5, 0.6) is 0 Å². The van der Waals surface area contributed by atoms with Crippen molar-refractivity contribution in [1.82, 2.24) is 9.97 Å². The molecule has 2 rings (SSSR count). The van der Waals surface area contributed by atoms with E-state index in [0.29, 0.717) is 0 Å². The molecule has 0 aliphatic rings. The van der Waals surface area contributed by atoms with Gasteiger partial charge < -0.3 is 20.1 Å². The van der Waals surface area contributed by atoms with Gasteiger partial charge in [-0.1, -0.05) is 0 Å². The van der Waals surface area contributed by atoms with Crippen LogP contribution in [-0.2, 0) is 9.53 Å². The van der Waals surface area contributed by atoms with Crippen molar-refractivity contribution in [3.8, 4) is 0 Å². The van der Waals surface area contributed by atoms with Gasteiger partial charge in [0, 0.05) is 12.2 Å². The molecule has 0 fully saturated rings. The Labute approximate surface area is 110 Å². The Morgan fingerprint density at radius 2 is 2.37 bits per heavy atom. The summed E-state index contributed by atoms with van der Waals surface area (Å²) in [5, 5.41) is 12.7. The van der Waals surface area contributed by atoms with Crippen LogP contribution in [0.25, 0.3) is 11.0 Å². The average molecular weight is 263 g/mol. The maximum absolute atomic E-state index is 11.0. The maximum Gasteiger partial charge on any atom is 0.308 e. The third-order valence-corrected chi connectivity index (χ3v) is 2.77. The predicted octanol–water partition coefficient (Wildman–Crippen LogP) is 1.21. The summed E-state index contributed by atoms with van der Waals surface area (Å²) >= 11 is 0. The summed E-state index contributed by atoms with van der Waals surface area (Å²) in [6.45, 7) is 2.18. The number of carbonyl (C=O) groups excluding carboxylic acids is 1. The van der Waals surface area contributed by atoms with Crippen molar-refractivity contribution in [3.63, 3.8) is 0 Å². The number of ether oxygens (including phenoxy) is 1. The van der Waals surface area contributed by atoms with Gasteiger partial charge in [0.1, 0.15) is 5.82 Å². The van der Waals surface area contributed by atoms with E-state index in [1.807, 2.05) is 25.1 Å². The Hall–Kier alpha value is -2.08. The van der Waals surface area contributed by atoms with Crippen LogP contribution in [0.2, 0.25) is 0 Å². The van der Waals surface area contributed by atoms with Gasteiger partial charge in [-0.3, -0.25) is 4.79 Å². The van der Waals surface area contributed by atoms with E-state index in [-0.39, 0.29) is 13.0 Å². The number of aromatic nitrogens is 2. The summed E-state index contributed by atoms with van der Waals surface area (Å²) in [6.07, 6.45) is -0.791. The number of aryl methyl sites for hydroxylation is 1. The molecule has 0 amide bonds. The number of hydrogen-bond acceptors (Lipinski definition) is 5. The van der Waals surface area contributed by atoms with Crippen LogP contribution in [0.15, 0.2) is 18.2 Å². The second kappa shape index (κ2) is 5.71. The smallest absolute Gasteiger partial charge is 0.308 e. The number of hydrogen-bond donors (Lipinski definition) is 3. The molecule has 1 unspecified atom stereocenters. The summed E-state index contributed by atoms with van der Waals surface area (Å²) in [7, 11) is 1.30. The lowest BCUT2D eigenvalue weighted by Gasteiger charge is -2.11. The fourth-order valence-electron chi connectivity index (χ4n) is 1.83. The van der Waals surface area contributed by atoms with Gasteiger partial charge in [-0.25, -0.2) is 4.98 Å². The molecule has 1 aromatic heterocycles. The van der Waals surface area contributed by atoms with Gasteiger partial charge >= 0.3 is 5.97 Å². The van der Waals surface area contributed by atoms with Crippen LogP contribution in [0.3, 0.4) is 0 Å². The number of H-pyrrole nitrogens is 1. The van der Waals surface area contributed by atoms with Crippen LogP contribution >= 0.6 is 0 Å². The molecule has 2 aromatic rings. The van der Waals surface area contributed by atoms with Gasteiger partial charge in [-0.05, 0) is 25.1 Å². The highest BCUT2D eigenvalue weighted by molar-refractivity contribution is 5.79. The second-order valence-electron chi connectivity index (χ2n) is 4.37. The minimum atomic E-state index is -0.772. The van der Waals surface area contributed by atoms with Crippen LogP contribution in [0.1, 0.15) is 12.2 Å². The number of carbonyl (C=O) groups is 1. The lowest BCUT2D eigenvalue weighted by Crippen LogP contribution is -2.23. The molecule has 0 saturated heterocycles. The number of aliphatic hydroxyl groups excluding tert-OH is 1. The van der Waals surface area contributed by atoms with E-state index in [2.05, 4.69) is 20.0 Å². The number of aromatic amines is 1. The number of esters is 1. The number of nitrogens with one attached hydrogen (secondary N) is 2. The summed E-state index contributed by atoms with van der Waals surface area (Å²) in [5.41, 5.74) is 2.70. The van der Waals surface area contributed by atoms with Gasteiger partial charge in [0.25, 0.3) is 0 Å². The lowest BCUT2D eigenvalue weighted by molar-refractivity contribution is -0.142. The number of rotatable bonds is 5. The second-order valence-corrected chi connectivity index (χ2v) is 4.37. The third kappa shape index (κ3) is 3.45. The number of imidazole rings is 1. The van der Waals surface area contributed by atoms with Gasteiger partial charge in [0.05, 0.1) is 30.7 Å². The summed E-state index contributed by atoms with van der Waals surface area (Å²) in [6, 6.07) is 5.70. The van der Waals surface area contributed by atoms with E-state index < -0.39 is 12.1 Å². The van der Waals surface area contributed by atoms with E-state index in [1.54, 1.807) is 0 Å². The van der Waals surface area contributed by atoms with Crippen molar-refractivity contribution >= 4 is 22.7 Å². The molecule has 1 heterocycles. The lowest BCUT2D eigenvalue weighted by atomic mass is 10.2. The molecule has 19 heavy (non-hydrogen) atoms. The van der Waals surface area contributed by atoms with E-state index in [4.69, 9.17) is 0 Å². The molecule has 3 N–H and O–H groups in total. The van der Waals surface area contributed by atoms with E-state index >= 15 is 0 Å². The van der Waals surface area contributed by atoms with Crippen molar-refractivity contribution in [1.29, 1.82) is 0 Å². The Balaban J connectivity index is 1.95. The molecular formula is C13H17N3O3. The van der Waals surface area contributed by atoms with Gasteiger partial charge in [-0.2, -0.15) is 0 Å². The van der Waals surface area contributed by atoms with E-state index in [9.17, 15) is 9.90 Å². The molecule has 0 bridgehead atoms. The van der Waals surface area contributed by atoms with Crippen molar-refractivity contribution in [3.05, 3.63) is 24.0 Å². The molecule has 102 valence electrons. The highest BCUT2D eigenvalue weighted by Crippen LogP contribution is 2.17. The van der Waals surface area contributed by atoms with Crippen molar-refractivity contribution in [2.75, 3.05) is 19.0 Å². The SMILES string of the molecule is COC(=O)CC(O)CNc1ccc2nc(C)[nH]c2c1. The van der Waals surface area contributed by atoms with Crippen molar-refractivity contribution < 1.29 is 14.6 Å². The summed E-state index contributed by atoms with van der Waals surface area (Å²) in [5.74, 6) is 0.437. The first-order valence-electron chi connectivity index (χ1n) is 6.03. The summed E-state index contributed by atoms with van der Waals surface area (Å²) < 4.78 is 4.49. The minimum Gasteiger partial charge on any atom is -0.469 e. The Morgan fingerprint density at radius 3 is 3.11 bits per heavy atom. The number of anilines is 1. The van der Waals surface area contributed by atoms with Crippen molar-refractivity contribution in [2.24, 2.45) is 0 Å². The predicted molar refractivity (Wildman–Crippen MR) is 72.0 cm³/mol. The molecule has 6 heteroatoms. The Kier molecular flexibility index (Phi) is 4.01. The number of fused-ring (bicyclic) bond motifs is 1. The fraction of sp³-hybridized carbons (Fsp3) is 0.385. The molecule has 1 aromatic carbocycles. The first kappa shape index (κ1) is 13.4. The van der Waals surface area contributed by atoms with Crippen LogP contribution < -0.4 is 5.32 Å². The summed E-state index contributed by atoms with van der Waals surface area (Å²) in [4.78, 5) is 18.4. The van der Waals surface area contributed by atoms with Crippen LogP contribution in [0, 0.1) is 6.92 Å². The molecule has 0 radical (unpaired) electrons.